The number of hydrogen-bond acceptors (Lipinski definition) is 8. The van der Waals surface area contributed by atoms with Gasteiger partial charge in [-0.15, -0.1) is 11.3 Å². The van der Waals surface area contributed by atoms with Crippen molar-refractivity contribution in [3.63, 3.8) is 0 Å². The first-order valence-corrected chi connectivity index (χ1v) is 13.1. The Bertz CT molecular complexity index is 1150. The van der Waals surface area contributed by atoms with Crippen LogP contribution in [0.25, 0.3) is 0 Å². The summed E-state index contributed by atoms with van der Waals surface area (Å²) >= 11 is 1.45. The zero-order chi connectivity index (χ0) is 28.5. The van der Waals surface area contributed by atoms with Crippen LogP contribution in [0, 0.1) is 0 Å². The number of benzene rings is 1. The van der Waals surface area contributed by atoms with Gasteiger partial charge in [-0.2, -0.15) is 0 Å². The van der Waals surface area contributed by atoms with Crippen LogP contribution in [0.2, 0.25) is 0 Å². The van der Waals surface area contributed by atoms with Gasteiger partial charge in [-0.3, -0.25) is 20.3 Å². The minimum Gasteiger partial charge on any atom is -0.465 e. The van der Waals surface area contributed by atoms with Crippen molar-refractivity contribution in [1.29, 1.82) is 0 Å². The predicted octanol–water partition coefficient (Wildman–Crippen LogP) is 1.92. The third-order valence-electron chi connectivity index (χ3n) is 5.90. The lowest BCUT2D eigenvalue weighted by atomic mass is 10.1. The highest BCUT2D eigenvalue weighted by Gasteiger charge is 2.24. The van der Waals surface area contributed by atoms with Crippen LogP contribution in [-0.4, -0.2) is 101 Å². The molecule has 0 saturated carbocycles. The van der Waals surface area contributed by atoms with E-state index in [0.717, 1.165) is 29.2 Å². The van der Waals surface area contributed by atoms with E-state index < -0.39 is 18.5 Å². The molecule has 0 radical (unpaired) electrons. The molecular formula is C24H34N8O6S. The van der Waals surface area contributed by atoms with Crippen LogP contribution in [-0.2, 0) is 24.2 Å². The van der Waals surface area contributed by atoms with Crippen LogP contribution in [0.5, 0.6) is 0 Å². The van der Waals surface area contributed by atoms with Gasteiger partial charge in [-0.05, 0) is 30.5 Å². The van der Waals surface area contributed by atoms with Crippen molar-refractivity contribution < 1.29 is 29.4 Å². The Balaban J connectivity index is 1.62. The standard InChI is InChI=1S/C24H34N8O6S/c1-15(33)25-21-27-18(19(39-21)14-31-10-12-32(13-11-31)24(38)30(2)3)9-6-16-4-7-17(8-5-16)26-20(28-22(34)35)29-23(36)37/h4-5,7-8,20,26,28-29H,6,9-14H2,1-3H3,(H,34,35)(H,36,37)(H,25,27,33). The zero-order valence-electron chi connectivity index (χ0n) is 22.1. The number of amides is 5. The van der Waals surface area contributed by atoms with E-state index in [4.69, 9.17) is 10.2 Å². The van der Waals surface area contributed by atoms with E-state index in [-0.39, 0.29) is 11.9 Å². The van der Waals surface area contributed by atoms with E-state index in [1.54, 1.807) is 31.1 Å². The Morgan fingerprint density at radius 1 is 1.00 bits per heavy atom. The number of carbonyl (C=O) groups excluding carboxylic acids is 2. The van der Waals surface area contributed by atoms with E-state index in [1.807, 2.05) is 27.7 Å². The van der Waals surface area contributed by atoms with Crippen molar-refractivity contribution in [3.05, 3.63) is 40.4 Å². The summed E-state index contributed by atoms with van der Waals surface area (Å²) in [4.78, 5) is 57.1. The summed E-state index contributed by atoms with van der Waals surface area (Å²) in [5.74, 6) is -0.186. The fraction of sp³-hybridized carbons (Fsp3) is 0.458. The highest BCUT2D eigenvalue weighted by molar-refractivity contribution is 7.15. The van der Waals surface area contributed by atoms with Crippen LogP contribution in [0.4, 0.5) is 25.2 Å². The lowest BCUT2D eigenvalue weighted by Gasteiger charge is -2.35. The second-order valence-electron chi connectivity index (χ2n) is 9.18. The van der Waals surface area contributed by atoms with E-state index >= 15 is 0 Å². The Morgan fingerprint density at radius 3 is 2.15 bits per heavy atom. The molecular weight excluding hydrogens is 528 g/mol. The van der Waals surface area contributed by atoms with Gasteiger partial charge < -0.3 is 30.6 Å². The largest absolute Gasteiger partial charge is 0.465 e. The number of urea groups is 1. The molecule has 14 nitrogen and oxygen atoms in total. The van der Waals surface area contributed by atoms with Crippen molar-refractivity contribution in [2.24, 2.45) is 0 Å². The molecule has 0 spiro atoms. The first-order valence-electron chi connectivity index (χ1n) is 12.3. The summed E-state index contributed by atoms with van der Waals surface area (Å²) < 4.78 is 0. The SMILES string of the molecule is CC(=O)Nc1nc(CCc2ccc(NC(NC(=O)O)NC(=O)O)cc2)c(CN2CCN(C(=O)N(C)C)CC2)s1. The zero-order valence-corrected chi connectivity index (χ0v) is 22.9. The normalized spacial score (nSPS) is 13.6. The van der Waals surface area contributed by atoms with E-state index in [2.05, 4.69) is 20.5 Å². The number of anilines is 2. The third-order valence-corrected chi connectivity index (χ3v) is 6.90. The second-order valence-corrected chi connectivity index (χ2v) is 10.3. The Labute approximate surface area is 230 Å². The van der Waals surface area contributed by atoms with Gasteiger partial charge in [0.25, 0.3) is 0 Å². The summed E-state index contributed by atoms with van der Waals surface area (Å²) in [7, 11) is 3.49. The van der Waals surface area contributed by atoms with Gasteiger partial charge in [-0.25, -0.2) is 19.4 Å². The molecule has 0 bridgehead atoms. The number of hydrogen-bond donors (Lipinski definition) is 6. The summed E-state index contributed by atoms with van der Waals surface area (Å²) in [6.07, 6.45) is -2.65. The minimum atomic E-state index is -1.38. The lowest BCUT2D eigenvalue weighted by molar-refractivity contribution is -0.114. The Kier molecular flexibility index (Phi) is 10.3. The van der Waals surface area contributed by atoms with E-state index in [1.165, 1.54) is 18.3 Å². The smallest absolute Gasteiger partial charge is 0.407 e. The molecule has 1 aromatic carbocycles. The van der Waals surface area contributed by atoms with E-state index in [9.17, 15) is 19.2 Å². The molecule has 15 heteroatoms. The third kappa shape index (κ3) is 9.30. The average Bonchev–Trinajstić information content (AvgIpc) is 3.22. The molecule has 3 rings (SSSR count). The average molecular weight is 563 g/mol. The molecule has 0 aliphatic carbocycles. The first-order chi connectivity index (χ1) is 18.5. The number of nitrogens with zero attached hydrogens (tertiary/aromatic N) is 4. The maximum absolute atomic E-state index is 12.2. The van der Waals surface area contributed by atoms with Crippen LogP contribution in [0.3, 0.4) is 0 Å². The van der Waals surface area contributed by atoms with Crippen LogP contribution in [0.15, 0.2) is 24.3 Å². The first kappa shape index (κ1) is 29.4. The van der Waals surface area contributed by atoms with Crippen LogP contribution >= 0.6 is 11.3 Å². The highest BCUT2D eigenvalue weighted by Crippen LogP contribution is 2.27. The number of aryl methyl sites for hydroxylation is 2. The molecule has 2 heterocycles. The number of nitrogens with one attached hydrogen (secondary N) is 4. The quantitative estimate of drug-likeness (QED) is 0.236. The van der Waals surface area contributed by atoms with Crippen molar-refractivity contribution in [2.45, 2.75) is 32.6 Å². The van der Waals surface area contributed by atoms with Gasteiger partial charge >= 0.3 is 18.2 Å². The molecule has 1 saturated heterocycles. The molecule has 1 aliphatic rings. The fourth-order valence-electron chi connectivity index (χ4n) is 4.04. The summed E-state index contributed by atoms with van der Waals surface area (Å²) in [5, 5.41) is 28.0. The van der Waals surface area contributed by atoms with Crippen molar-refractivity contribution in [3.8, 4) is 0 Å². The van der Waals surface area contributed by atoms with Crippen molar-refractivity contribution >= 4 is 46.3 Å². The van der Waals surface area contributed by atoms with Crippen molar-refractivity contribution in [1.82, 2.24) is 30.3 Å². The fourth-order valence-corrected chi connectivity index (χ4v) is 5.14. The summed E-state index contributed by atoms with van der Waals surface area (Å²) in [6.45, 7) is 4.91. The molecule has 212 valence electrons. The van der Waals surface area contributed by atoms with Crippen molar-refractivity contribution in [2.75, 3.05) is 50.9 Å². The van der Waals surface area contributed by atoms with Crippen LogP contribution < -0.4 is 21.3 Å². The number of aromatic nitrogens is 1. The Hall–Kier alpha value is -4.11. The molecule has 0 atom stereocenters. The maximum atomic E-state index is 12.2. The molecule has 2 aromatic rings. The summed E-state index contributed by atoms with van der Waals surface area (Å²) in [6, 6.07) is 7.20. The number of piperazine rings is 1. The lowest BCUT2D eigenvalue weighted by Crippen LogP contribution is -2.52. The molecule has 1 fully saturated rings. The van der Waals surface area contributed by atoms with Gasteiger partial charge in [-0.1, -0.05) is 12.1 Å². The number of carbonyl (C=O) groups is 4. The number of carboxylic acid groups (broad SMARTS) is 2. The topological polar surface area (TPSA) is 179 Å². The van der Waals surface area contributed by atoms with E-state index in [0.29, 0.717) is 43.3 Å². The van der Waals surface area contributed by atoms with Crippen LogP contribution in [0.1, 0.15) is 23.1 Å². The Morgan fingerprint density at radius 2 is 1.62 bits per heavy atom. The number of rotatable bonds is 10. The predicted molar refractivity (Wildman–Crippen MR) is 146 cm³/mol. The molecule has 39 heavy (non-hydrogen) atoms. The van der Waals surface area contributed by atoms with Gasteiger partial charge in [0.15, 0.2) is 11.4 Å². The molecule has 6 N–H and O–H groups in total. The van der Waals surface area contributed by atoms with Gasteiger partial charge in [0.05, 0.1) is 5.69 Å². The molecule has 5 amide bonds. The highest BCUT2D eigenvalue weighted by atomic mass is 32.1. The summed E-state index contributed by atoms with van der Waals surface area (Å²) in [5.41, 5.74) is 2.43. The minimum absolute atomic E-state index is 0.00844. The van der Waals surface area contributed by atoms with Gasteiger partial charge in [0.1, 0.15) is 0 Å². The second kappa shape index (κ2) is 13.6. The monoisotopic (exact) mass is 562 g/mol. The maximum Gasteiger partial charge on any atom is 0.407 e. The van der Waals surface area contributed by atoms with Gasteiger partial charge in [0, 0.05) is 64.3 Å². The molecule has 0 unspecified atom stereocenters. The number of thiazole rings is 1. The van der Waals surface area contributed by atoms with Gasteiger partial charge in [0.2, 0.25) is 5.91 Å². The molecule has 1 aromatic heterocycles. The molecule has 1 aliphatic heterocycles.